The number of rotatable bonds is 5. The largest absolute Gasteiger partial charge is 0.495 e. The number of halogens is 1. The molecular weight excluding hydrogens is 425 g/mol. The third-order valence-electron chi connectivity index (χ3n) is 5.09. The van der Waals surface area contributed by atoms with E-state index < -0.39 is 15.8 Å². The predicted octanol–water partition coefficient (Wildman–Crippen LogP) is 3.78. The second-order valence-corrected chi connectivity index (χ2v) is 9.81. The van der Waals surface area contributed by atoms with Gasteiger partial charge < -0.3 is 9.64 Å². The summed E-state index contributed by atoms with van der Waals surface area (Å²) in [7, 11) is -2.48. The molecule has 3 aromatic rings. The number of ether oxygens (including phenoxy) is 1. The maximum absolute atomic E-state index is 13.7. The third kappa shape index (κ3) is 4.05. The number of methoxy groups -OCH3 is 1. The van der Waals surface area contributed by atoms with Crippen LogP contribution in [0, 0.1) is 12.7 Å². The van der Waals surface area contributed by atoms with Crippen LogP contribution >= 0.6 is 11.3 Å². The molecule has 0 spiro atoms. The van der Waals surface area contributed by atoms with Gasteiger partial charge >= 0.3 is 0 Å². The highest BCUT2D eigenvalue weighted by Gasteiger charge is 2.32. The van der Waals surface area contributed by atoms with Crippen LogP contribution in [0.1, 0.15) is 5.56 Å². The zero-order chi connectivity index (χ0) is 21.3. The van der Waals surface area contributed by atoms with E-state index in [9.17, 15) is 12.8 Å². The quantitative estimate of drug-likeness (QED) is 0.596. The first-order valence-corrected chi connectivity index (χ1v) is 11.8. The molecule has 6 nitrogen and oxygen atoms in total. The summed E-state index contributed by atoms with van der Waals surface area (Å²) in [5.74, 6) is -0.471. The fourth-order valence-corrected chi connectivity index (χ4v) is 5.86. The van der Waals surface area contributed by atoms with Crippen molar-refractivity contribution in [1.29, 1.82) is 0 Å². The van der Waals surface area contributed by atoms with Gasteiger partial charge in [0, 0.05) is 37.1 Å². The van der Waals surface area contributed by atoms with E-state index in [1.165, 1.54) is 29.1 Å². The SMILES string of the molecule is COc1ccc(F)cc1S(=O)(=O)N1CCN(c2nc(-c3ccc(C)cc3)cs2)CC1. The minimum atomic E-state index is -3.85. The molecule has 1 aromatic heterocycles. The van der Waals surface area contributed by atoms with Crippen molar-refractivity contribution in [1.82, 2.24) is 9.29 Å². The molecule has 2 heterocycles. The topological polar surface area (TPSA) is 62.7 Å². The van der Waals surface area contributed by atoms with Crippen LogP contribution in [-0.4, -0.2) is 51.0 Å². The summed E-state index contributed by atoms with van der Waals surface area (Å²) in [4.78, 5) is 6.66. The molecule has 1 saturated heterocycles. The van der Waals surface area contributed by atoms with E-state index in [1.54, 1.807) is 11.3 Å². The van der Waals surface area contributed by atoms with Crippen LogP contribution in [0.25, 0.3) is 11.3 Å². The maximum atomic E-state index is 13.7. The van der Waals surface area contributed by atoms with Gasteiger partial charge in [-0.2, -0.15) is 4.31 Å². The van der Waals surface area contributed by atoms with Crippen LogP contribution in [0.2, 0.25) is 0 Å². The third-order valence-corrected chi connectivity index (χ3v) is 7.91. The number of hydrogen-bond donors (Lipinski definition) is 0. The summed E-state index contributed by atoms with van der Waals surface area (Å²) in [5, 5.41) is 2.88. The Balaban J connectivity index is 1.48. The predicted molar refractivity (Wildman–Crippen MR) is 116 cm³/mol. The molecule has 1 aliphatic heterocycles. The van der Waals surface area contributed by atoms with Crippen molar-refractivity contribution in [3.05, 3.63) is 59.2 Å². The van der Waals surface area contributed by atoms with E-state index in [0.29, 0.717) is 26.2 Å². The van der Waals surface area contributed by atoms with E-state index in [1.807, 2.05) is 24.4 Å². The first-order chi connectivity index (χ1) is 14.4. The molecule has 0 bridgehead atoms. The molecule has 2 aromatic carbocycles. The summed E-state index contributed by atoms with van der Waals surface area (Å²) >= 11 is 1.55. The van der Waals surface area contributed by atoms with Crippen LogP contribution in [0.5, 0.6) is 5.75 Å². The Kier molecular flexibility index (Phi) is 5.77. The van der Waals surface area contributed by atoms with Gasteiger partial charge in [0.05, 0.1) is 12.8 Å². The molecule has 0 N–H and O–H groups in total. The van der Waals surface area contributed by atoms with Crippen molar-refractivity contribution in [3.8, 4) is 17.0 Å². The molecule has 1 aliphatic rings. The average Bonchev–Trinajstić information content (AvgIpc) is 3.24. The molecule has 0 radical (unpaired) electrons. The summed E-state index contributed by atoms with van der Waals surface area (Å²) in [6.45, 7) is 3.65. The molecule has 158 valence electrons. The summed E-state index contributed by atoms with van der Waals surface area (Å²) in [6.07, 6.45) is 0. The van der Waals surface area contributed by atoms with Crippen molar-refractivity contribution in [3.63, 3.8) is 0 Å². The lowest BCUT2D eigenvalue weighted by molar-refractivity contribution is 0.373. The van der Waals surface area contributed by atoms with E-state index in [4.69, 9.17) is 9.72 Å². The van der Waals surface area contributed by atoms with Gasteiger partial charge in [0.1, 0.15) is 16.5 Å². The Labute approximate surface area is 179 Å². The second kappa shape index (κ2) is 8.33. The van der Waals surface area contributed by atoms with E-state index >= 15 is 0 Å². The van der Waals surface area contributed by atoms with Crippen LogP contribution in [0.3, 0.4) is 0 Å². The number of hydrogen-bond acceptors (Lipinski definition) is 6. The lowest BCUT2D eigenvalue weighted by Crippen LogP contribution is -2.48. The zero-order valence-electron chi connectivity index (χ0n) is 16.7. The number of piperazine rings is 1. The van der Waals surface area contributed by atoms with Crippen molar-refractivity contribution >= 4 is 26.5 Å². The standard InChI is InChI=1S/C21H22FN3O3S2/c1-15-3-5-16(6-4-15)18-14-29-21(23-18)24-9-11-25(12-10-24)30(26,27)20-13-17(22)7-8-19(20)28-2/h3-8,13-14H,9-12H2,1-2H3. The smallest absolute Gasteiger partial charge is 0.246 e. The molecule has 0 atom stereocenters. The maximum Gasteiger partial charge on any atom is 0.246 e. The van der Waals surface area contributed by atoms with Crippen molar-refractivity contribution < 1.29 is 17.5 Å². The Hall–Kier alpha value is -2.49. The molecule has 0 amide bonds. The van der Waals surface area contributed by atoms with Crippen LogP contribution in [0.4, 0.5) is 9.52 Å². The van der Waals surface area contributed by atoms with Crippen LogP contribution in [-0.2, 0) is 10.0 Å². The van der Waals surface area contributed by atoms with E-state index in [2.05, 4.69) is 17.0 Å². The highest BCUT2D eigenvalue weighted by Crippen LogP contribution is 2.31. The van der Waals surface area contributed by atoms with E-state index in [-0.39, 0.29) is 10.6 Å². The fraction of sp³-hybridized carbons (Fsp3) is 0.286. The van der Waals surface area contributed by atoms with Gasteiger partial charge in [-0.3, -0.25) is 0 Å². The number of nitrogens with zero attached hydrogens (tertiary/aromatic N) is 3. The Morgan fingerprint density at radius 3 is 2.43 bits per heavy atom. The van der Waals surface area contributed by atoms with Crippen molar-refractivity contribution in [2.75, 3.05) is 38.2 Å². The van der Waals surface area contributed by atoms with Gasteiger partial charge in [-0.25, -0.2) is 17.8 Å². The molecule has 1 fully saturated rings. The number of benzene rings is 2. The summed E-state index contributed by atoms with van der Waals surface area (Å²) in [5.41, 5.74) is 3.17. The monoisotopic (exact) mass is 447 g/mol. The first-order valence-electron chi connectivity index (χ1n) is 9.50. The highest BCUT2D eigenvalue weighted by atomic mass is 32.2. The molecule has 0 saturated carbocycles. The number of anilines is 1. The molecule has 0 unspecified atom stereocenters. The zero-order valence-corrected chi connectivity index (χ0v) is 18.3. The van der Waals surface area contributed by atoms with Crippen LogP contribution in [0.15, 0.2) is 52.7 Å². The van der Waals surface area contributed by atoms with Gasteiger partial charge in [-0.15, -0.1) is 11.3 Å². The minimum Gasteiger partial charge on any atom is -0.495 e. The molecule has 4 rings (SSSR count). The molecule has 9 heteroatoms. The van der Waals surface area contributed by atoms with E-state index in [0.717, 1.165) is 22.5 Å². The second-order valence-electron chi connectivity index (χ2n) is 7.07. The Bertz CT molecular complexity index is 1140. The number of sulfonamides is 1. The summed E-state index contributed by atoms with van der Waals surface area (Å²) < 4.78 is 46.2. The molecule has 30 heavy (non-hydrogen) atoms. The molecular formula is C21H22FN3O3S2. The number of aromatic nitrogens is 1. The molecule has 0 aliphatic carbocycles. The number of aryl methyl sites for hydroxylation is 1. The van der Waals surface area contributed by atoms with Gasteiger partial charge in [-0.05, 0) is 25.1 Å². The minimum absolute atomic E-state index is 0.140. The Morgan fingerprint density at radius 2 is 1.77 bits per heavy atom. The van der Waals surface area contributed by atoms with Gasteiger partial charge in [-0.1, -0.05) is 29.8 Å². The van der Waals surface area contributed by atoms with Gasteiger partial charge in [0.2, 0.25) is 10.0 Å². The lowest BCUT2D eigenvalue weighted by Gasteiger charge is -2.34. The normalized spacial score (nSPS) is 15.4. The van der Waals surface area contributed by atoms with Crippen LogP contribution < -0.4 is 9.64 Å². The van der Waals surface area contributed by atoms with Gasteiger partial charge in [0.15, 0.2) is 5.13 Å². The van der Waals surface area contributed by atoms with Gasteiger partial charge in [0.25, 0.3) is 0 Å². The highest BCUT2D eigenvalue weighted by molar-refractivity contribution is 7.89. The number of thiazole rings is 1. The average molecular weight is 448 g/mol. The first kappa shape index (κ1) is 20.8. The Morgan fingerprint density at radius 1 is 1.07 bits per heavy atom. The van der Waals surface area contributed by atoms with Crippen molar-refractivity contribution in [2.45, 2.75) is 11.8 Å². The summed E-state index contributed by atoms with van der Waals surface area (Å²) in [6, 6.07) is 11.7. The lowest BCUT2D eigenvalue weighted by atomic mass is 10.1. The fourth-order valence-electron chi connectivity index (χ4n) is 3.38. The van der Waals surface area contributed by atoms with Crippen molar-refractivity contribution in [2.24, 2.45) is 0 Å².